The van der Waals surface area contributed by atoms with Crippen molar-refractivity contribution >= 4 is 39.4 Å². The lowest BCUT2D eigenvalue weighted by atomic mass is 10.1. The van der Waals surface area contributed by atoms with Crippen molar-refractivity contribution in [3.05, 3.63) is 42.0 Å². The number of fused-ring (bicyclic) bond motifs is 3. The van der Waals surface area contributed by atoms with Crippen LogP contribution in [0.15, 0.2) is 40.8 Å². The van der Waals surface area contributed by atoms with Gasteiger partial charge in [-0.2, -0.15) is 0 Å². The molecule has 3 rings (SSSR count). The van der Waals surface area contributed by atoms with Gasteiger partial charge in [-0.1, -0.05) is 24.3 Å². The van der Waals surface area contributed by atoms with Gasteiger partial charge in [0.2, 0.25) is 0 Å². The number of furan rings is 1. The standard InChI is InChI=1S/C13H10ClNO/c1-8-6-7-10(15-14)13-12(8)9-4-2-3-5-11(9)16-13/h2-7,15H,1H3. The number of para-hydroxylation sites is 1. The number of rotatable bonds is 1. The largest absolute Gasteiger partial charge is 0.454 e. The molecule has 2 nitrogen and oxygen atoms in total. The Morgan fingerprint density at radius 1 is 1.12 bits per heavy atom. The summed E-state index contributed by atoms with van der Waals surface area (Å²) in [6.07, 6.45) is 0. The molecule has 80 valence electrons. The van der Waals surface area contributed by atoms with E-state index in [1.165, 1.54) is 5.56 Å². The molecule has 0 bridgehead atoms. The second kappa shape index (κ2) is 3.42. The molecule has 0 atom stereocenters. The highest BCUT2D eigenvalue weighted by molar-refractivity contribution is 6.26. The van der Waals surface area contributed by atoms with Gasteiger partial charge in [-0.25, -0.2) is 0 Å². The summed E-state index contributed by atoms with van der Waals surface area (Å²) in [5.74, 6) is 0. The van der Waals surface area contributed by atoms with Gasteiger partial charge in [-0.05, 0) is 24.6 Å². The molecule has 1 heterocycles. The Balaban J connectivity index is 2.58. The topological polar surface area (TPSA) is 25.2 Å². The normalized spacial score (nSPS) is 11.1. The van der Waals surface area contributed by atoms with Crippen LogP contribution >= 0.6 is 11.8 Å². The highest BCUT2D eigenvalue weighted by Gasteiger charge is 2.11. The fraction of sp³-hybridized carbons (Fsp3) is 0.0769. The third-order valence-electron chi connectivity index (χ3n) is 2.84. The minimum absolute atomic E-state index is 0.804. The number of aryl methyl sites for hydroxylation is 1. The zero-order valence-electron chi connectivity index (χ0n) is 8.75. The van der Waals surface area contributed by atoms with Crippen molar-refractivity contribution in [2.45, 2.75) is 6.92 Å². The Kier molecular flexibility index (Phi) is 2.04. The molecular formula is C13H10ClNO. The summed E-state index contributed by atoms with van der Waals surface area (Å²) in [5.41, 5.74) is 3.70. The zero-order chi connectivity index (χ0) is 11.1. The molecule has 0 amide bonds. The molecular weight excluding hydrogens is 222 g/mol. The minimum Gasteiger partial charge on any atom is -0.454 e. The van der Waals surface area contributed by atoms with Gasteiger partial charge in [0.05, 0.1) is 5.69 Å². The Labute approximate surface area is 97.9 Å². The lowest BCUT2D eigenvalue weighted by molar-refractivity contribution is 0.670. The maximum Gasteiger partial charge on any atom is 0.159 e. The van der Waals surface area contributed by atoms with Crippen molar-refractivity contribution in [3.63, 3.8) is 0 Å². The lowest BCUT2D eigenvalue weighted by Gasteiger charge is -2.00. The van der Waals surface area contributed by atoms with Crippen LogP contribution in [0.3, 0.4) is 0 Å². The molecule has 3 heteroatoms. The van der Waals surface area contributed by atoms with E-state index in [0.29, 0.717) is 0 Å². The van der Waals surface area contributed by atoms with Crippen LogP contribution in [0, 0.1) is 6.92 Å². The summed E-state index contributed by atoms with van der Waals surface area (Å²) in [6, 6.07) is 12.0. The average molecular weight is 232 g/mol. The Morgan fingerprint density at radius 2 is 1.94 bits per heavy atom. The summed E-state index contributed by atoms with van der Waals surface area (Å²) in [7, 11) is 0. The first-order valence-electron chi connectivity index (χ1n) is 5.09. The average Bonchev–Trinajstić information content (AvgIpc) is 2.69. The quantitative estimate of drug-likeness (QED) is 0.626. The summed E-state index contributed by atoms with van der Waals surface area (Å²) in [4.78, 5) is 2.64. The van der Waals surface area contributed by atoms with Gasteiger partial charge in [-0.3, -0.25) is 4.84 Å². The van der Waals surface area contributed by atoms with Gasteiger partial charge in [0.25, 0.3) is 0 Å². The highest BCUT2D eigenvalue weighted by Crippen LogP contribution is 2.35. The van der Waals surface area contributed by atoms with Crippen LogP contribution in [0.1, 0.15) is 5.56 Å². The van der Waals surface area contributed by atoms with E-state index in [9.17, 15) is 0 Å². The van der Waals surface area contributed by atoms with E-state index < -0.39 is 0 Å². The Hall–Kier alpha value is -1.67. The number of nitrogens with one attached hydrogen (secondary N) is 1. The van der Waals surface area contributed by atoms with E-state index in [2.05, 4.69) is 17.8 Å². The first-order valence-corrected chi connectivity index (χ1v) is 5.46. The second-order valence-corrected chi connectivity index (χ2v) is 4.02. The molecule has 0 aliphatic heterocycles. The first-order chi connectivity index (χ1) is 7.81. The van der Waals surface area contributed by atoms with Gasteiger partial charge in [0.1, 0.15) is 5.58 Å². The second-order valence-electron chi connectivity index (χ2n) is 3.83. The molecule has 0 radical (unpaired) electrons. The van der Waals surface area contributed by atoms with E-state index in [1.54, 1.807) is 0 Å². The van der Waals surface area contributed by atoms with Crippen molar-refractivity contribution < 1.29 is 4.42 Å². The molecule has 2 aromatic carbocycles. The molecule has 3 aromatic rings. The third-order valence-corrected chi connectivity index (χ3v) is 3.04. The van der Waals surface area contributed by atoms with Gasteiger partial charge in [0, 0.05) is 22.5 Å². The van der Waals surface area contributed by atoms with E-state index in [-0.39, 0.29) is 0 Å². The fourth-order valence-electron chi connectivity index (χ4n) is 2.07. The summed E-state index contributed by atoms with van der Waals surface area (Å²) in [6.45, 7) is 2.07. The van der Waals surface area contributed by atoms with Crippen LogP contribution in [-0.2, 0) is 0 Å². The SMILES string of the molecule is Cc1ccc(NCl)c2oc3ccccc3c12. The molecule has 0 aliphatic rings. The van der Waals surface area contributed by atoms with E-state index in [4.69, 9.17) is 16.2 Å². The molecule has 1 aromatic heterocycles. The van der Waals surface area contributed by atoms with E-state index >= 15 is 0 Å². The number of anilines is 1. The Bertz CT molecular complexity index is 672. The van der Waals surface area contributed by atoms with Crippen molar-refractivity contribution in [2.75, 3.05) is 4.84 Å². The zero-order valence-corrected chi connectivity index (χ0v) is 9.51. The first kappa shape index (κ1) is 9.55. The minimum atomic E-state index is 0.804. The molecule has 1 N–H and O–H groups in total. The molecule has 0 aliphatic carbocycles. The van der Waals surface area contributed by atoms with Crippen LogP contribution < -0.4 is 4.84 Å². The molecule has 16 heavy (non-hydrogen) atoms. The van der Waals surface area contributed by atoms with Crippen molar-refractivity contribution in [2.24, 2.45) is 0 Å². The Morgan fingerprint density at radius 3 is 2.75 bits per heavy atom. The molecule has 0 saturated carbocycles. The lowest BCUT2D eigenvalue weighted by Crippen LogP contribution is -1.82. The summed E-state index contributed by atoms with van der Waals surface area (Å²) >= 11 is 5.68. The van der Waals surface area contributed by atoms with E-state index in [1.807, 2.05) is 30.3 Å². The molecule has 0 unspecified atom stereocenters. The van der Waals surface area contributed by atoms with Crippen LogP contribution in [0.2, 0.25) is 0 Å². The molecule has 0 saturated heterocycles. The maximum atomic E-state index is 5.81. The van der Waals surface area contributed by atoms with Gasteiger partial charge < -0.3 is 4.42 Å². The van der Waals surface area contributed by atoms with Gasteiger partial charge in [-0.15, -0.1) is 0 Å². The van der Waals surface area contributed by atoms with Gasteiger partial charge in [0.15, 0.2) is 5.58 Å². The smallest absolute Gasteiger partial charge is 0.159 e. The van der Waals surface area contributed by atoms with Crippen LogP contribution in [0.25, 0.3) is 21.9 Å². The van der Waals surface area contributed by atoms with Crippen molar-refractivity contribution in [3.8, 4) is 0 Å². The van der Waals surface area contributed by atoms with Crippen LogP contribution in [-0.4, -0.2) is 0 Å². The number of hydrogen-bond donors (Lipinski definition) is 1. The van der Waals surface area contributed by atoms with E-state index in [0.717, 1.165) is 27.6 Å². The maximum absolute atomic E-state index is 5.81. The van der Waals surface area contributed by atoms with Crippen LogP contribution in [0.5, 0.6) is 0 Å². The number of benzene rings is 2. The predicted molar refractivity (Wildman–Crippen MR) is 67.9 cm³/mol. The monoisotopic (exact) mass is 231 g/mol. The molecule has 0 fully saturated rings. The fourth-order valence-corrected chi connectivity index (χ4v) is 2.22. The highest BCUT2D eigenvalue weighted by atomic mass is 35.5. The summed E-state index contributed by atoms with van der Waals surface area (Å²) in [5, 5.41) is 2.25. The third kappa shape index (κ3) is 1.20. The number of halogens is 1. The summed E-state index contributed by atoms with van der Waals surface area (Å²) < 4.78 is 5.81. The van der Waals surface area contributed by atoms with Crippen molar-refractivity contribution in [1.82, 2.24) is 0 Å². The molecule has 0 spiro atoms. The predicted octanol–water partition coefficient (Wildman–Crippen LogP) is 4.46. The van der Waals surface area contributed by atoms with Crippen molar-refractivity contribution in [1.29, 1.82) is 0 Å². The van der Waals surface area contributed by atoms with Crippen LogP contribution in [0.4, 0.5) is 5.69 Å². The number of hydrogen-bond acceptors (Lipinski definition) is 2. The van der Waals surface area contributed by atoms with Gasteiger partial charge >= 0.3 is 0 Å².